The van der Waals surface area contributed by atoms with Crippen molar-refractivity contribution in [3.05, 3.63) is 12.2 Å². The van der Waals surface area contributed by atoms with E-state index in [1.807, 2.05) is 6.92 Å². The lowest BCUT2D eigenvalue weighted by molar-refractivity contribution is 0.734. The lowest BCUT2D eigenvalue weighted by Crippen LogP contribution is -1.90. The van der Waals surface area contributed by atoms with Crippen LogP contribution >= 0.6 is 23.2 Å². The highest BCUT2D eigenvalue weighted by Gasteiger charge is 1.95. The second-order valence-electron chi connectivity index (χ2n) is 3.06. The highest BCUT2D eigenvalue weighted by Crippen LogP contribution is 2.08. The Morgan fingerprint density at radius 1 is 1.33 bits per heavy atom. The first-order chi connectivity index (χ1) is 5.66. The first-order valence-electron chi connectivity index (χ1n) is 4.61. The van der Waals surface area contributed by atoms with Crippen LogP contribution in [0, 0.1) is 0 Å². The maximum Gasteiger partial charge on any atom is 0.0513 e. The van der Waals surface area contributed by atoms with Gasteiger partial charge in [0, 0.05) is 5.38 Å². The van der Waals surface area contributed by atoms with Crippen LogP contribution in [0.5, 0.6) is 0 Å². The number of unbranched alkanes of at least 4 members (excludes halogenated alkanes) is 1. The third-order valence-corrected chi connectivity index (χ3v) is 2.38. The molecule has 0 aliphatic carbocycles. The number of alkyl halides is 2. The smallest absolute Gasteiger partial charge is 0.0513 e. The summed E-state index contributed by atoms with van der Waals surface area (Å²) in [6.07, 6.45) is 8.57. The zero-order valence-corrected chi connectivity index (χ0v) is 9.41. The van der Waals surface area contributed by atoms with Crippen LogP contribution in [-0.4, -0.2) is 10.8 Å². The Kier molecular flexibility index (Phi) is 8.15. The Bertz CT molecular complexity index is 119. The minimum Gasteiger partial charge on any atom is -0.123 e. The zero-order chi connectivity index (χ0) is 9.40. The molecule has 12 heavy (non-hydrogen) atoms. The lowest BCUT2D eigenvalue weighted by atomic mass is 10.2. The standard InChI is InChI=1S/C10H18Cl2/c1-3-10(12)8-6-4-5-7-9(2)11/h6,8-10H,3-5,7H2,1-2H3. The van der Waals surface area contributed by atoms with E-state index in [-0.39, 0.29) is 5.38 Å². The van der Waals surface area contributed by atoms with Gasteiger partial charge in [-0.1, -0.05) is 19.1 Å². The van der Waals surface area contributed by atoms with Gasteiger partial charge in [-0.3, -0.25) is 0 Å². The molecule has 0 aromatic rings. The molecule has 0 aromatic carbocycles. The Hall–Kier alpha value is 0.320. The van der Waals surface area contributed by atoms with Gasteiger partial charge in [0.05, 0.1) is 5.38 Å². The highest BCUT2D eigenvalue weighted by molar-refractivity contribution is 6.21. The van der Waals surface area contributed by atoms with E-state index < -0.39 is 0 Å². The van der Waals surface area contributed by atoms with E-state index in [1.165, 1.54) is 0 Å². The van der Waals surface area contributed by atoms with Crippen molar-refractivity contribution in [2.45, 2.75) is 50.3 Å². The summed E-state index contributed by atoms with van der Waals surface area (Å²) in [6.45, 7) is 4.12. The minimum atomic E-state index is 0.207. The normalized spacial score (nSPS) is 16.7. The molecular weight excluding hydrogens is 191 g/mol. The van der Waals surface area contributed by atoms with E-state index in [0.717, 1.165) is 25.7 Å². The number of rotatable bonds is 6. The van der Waals surface area contributed by atoms with Crippen LogP contribution in [0.1, 0.15) is 39.5 Å². The topological polar surface area (TPSA) is 0 Å². The molecule has 0 nitrogen and oxygen atoms in total. The number of hydrogen-bond donors (Lipinski definition) is 0. The van der Waals surface area contributed by atoms with E-state index in [2.05, 4.69) is 19.1 Å². The number of halogens is 2. The number of hydrogen-bond acceptors (Lipinski definition) is 0. The molecule has 0 saturated carbocycles. The van der Waals surface area contributed by atoms with Gasteiger partial charge in [0.15, 0.2) is 0 Å². The molecule has 0 fully saturated rings. The van der Waals surface area contributed by atoms with Crippen LogP contribution in [0.4, 0.5) is 0 Å². The fourth-order valence-corrected chi connectivity index (χ4v) is 1.15. The van der Waals surface area contributed by atoms with E-state index in [4.69, 9.17) is 23.2 Å². The highest BCUT2D eigenvalue weighted by atomic mass is 35.5. The predicted octanol–water partition coefficient (Wildman–Crippen LogP) is 4.36. The van der Waals surface area contributed by atoms with Gasteiger partial charge in [-0.15, -0.1) is 23.2 Å². The molecule has 0 N–H and O–H groups in total. The van der Waals surface area contributed by atoms with Crippen molar-refractivity contribution in [2.75, 3.05) is 0 Å². The fraction of sp³-hybridized carbons (Fsp3) is 0.800. The molecule has 2 heteroatoms. The van der Waals surface area contributed by atoms with E-state index >= 15 is 0 Å². The molecule has 0 heterocycles. The monoisotopic (exact) mass is 208 g/mol. The molecule has 72 valence electrons. The van der Waals surface area contributed by atoms with Crippen molar-refractivity contribution in [3.8, 4) is 0 Å². The van der Waals surface area contributed by atoms with Crippen molar-refractivity contribution in [1.29, 1.82) is 0 Å². The van der Waals surface area contributed by atoms with Gasteiger partial charge >= 0.3 is 0 Å². The van der Waals surface area contributed by atoms with Crippen LogP contribution in [0.15, 0.2) is 12.2 Å². The summed E-state index contributed by atoms with van der Waals surface area (Å²) < 4.78 is 0. The van der Waals surface area contributed by atoms with Crippen molar-refractivity contribution >= 4 is 23.2 Å². The summed E-state index contributed by atoms with van der Waals surface area (Å²) in [6, 6.07) is 0. The predicted molar refractivity (Wildman–Crippen MR) is 58.2 cm³/mol. The average molecular weight is 209 g/mol. The Morgan fingerprint density at radius 3 is 2.50 bits per heavy atom. The maximum atomic E-state index is 5.89. The Balaban J connectivity index is 3.24. The van der Waals surface area contributed by atoms with Crippen LogP contribution in [0.3, 0.4) is 0 Å². The zero-order valence-electron chi connectivity index (χ0n) is 7.89. The molecule has 0 bridgehead atoms. The van der Waals surface area contributed by atoms with Crippen LogP contribution in [0.25, 0.3) is 0 Å². The van der Waals surface area contributed by atoms with Gasteiger partial charge in [0.2, 0.25) is 0 Å². The SMILES string of the molecule is CCC(Cl)C=CCCCC(C)Cl. The van der Waals surface area contributed by atoms with E-state index in [1.54, 1.807) is 0 Å². The molecule has 0 aliphatic heterocycles. The van der Waals surface area contributed by atoms with Gasteiger partial charge in [-0.05, 0) is 32.6 Å². The van der Waals surface area contributed by atoms with Crippen LogP contribution in [0.2, 0.25) is 0 Å². The van der Waals surface area contributed by atoms with Gasteiger partial charge in [-0.2, -0.15) is 0 Å². The van der Waals surface area contributed by atoms with Crippen molar-refractivity contribution in [3.63, 3.8) is 0 Å². The molecule has 0 radical (unpaired) electrons. The number of allylic oxidation sites excluding steroid dienone is 2. The van der Waals surface area contributed by atoms with Crippen LogP contribution in [-0.2, 0) is 0 Å². The molecule has 0 aliphatic rings. The second kappa shape index (κ2) is 7.94. The molecule has 2 atom stereocenters. The molecule has 0 aromatic heterocycles. The first kappa shape index (κ1) is 12.3. The summed E-state index contributed by atoms with van der Waals surface area (Å²) in [5.74, 6) is 0. The summed E-state index contributed by atoms with van der Waals surface area (Å²) in [4.78, 5) is 0. The van der Waals surface area contributed by atoms with Gasteiger partial charge in [0.25, 0.3) is 0 Å². The molecule has 0 rings (SSSR count). The van der Waals surface area contributed by atoms with E-state index in [9.17, 15) is 0 Å². The first-order valence-corrected chi connectivity index (χ1v) is 5.49. The van der Waals surface area contributed by atoms with Gasteiger partial charge < -0.3 is 0 Å². The van der Waals surface area contributed by atoms with Crippen molar-refractivity contribution in [1.82, 2.24) is 0 Å². The molecule has 2 unspecified atom stereocenters. The third-order valence-electron chi connectivity index (χ3n) is 1.71. The van der Waals surface area contributed by atoms with Gasteiger partial charge in [0.1, 0.15) is 0 Å². The van der Waals surface area contributed by atoms with Crippen molar-refractivity contribution in [2.24, 2.45) is 0 Å². The summed E-state index contributed by atoms with van der Waals surface area (Å²) >= 11 is 11.7. The average Bonchev–Trinajstić information content (AvgIpc) is 2.03. The maximum absolute atomic E-state index is 5.89. The third kappa shape index (κ3) is 8.42. The molecule has 0 amide bonds. The molecule has 0 saturated heterocycles. The molecular formula is C10H18Cl2. The van der Waals surface area contributed by atoms with Gasteiger partial charge in [-0.25, -0.2) is 0 Å². The quantitative estimate of drug-likeness (QED) is 0.346. The van der Waals surface area contributed by atoms with E-state index in [0.29, 0.717) is 5.38 Å². The summed E-state index contributed by atoms with van der Waals surface area (Å²) in [7, 11) is 0. The lowest BCUT2D eigenvalue weighted by Gasteiger charge is -2.00. The largest absolute Gasteiger partial charge is 0.123 e. The summed E-state index contributed by atoms with van der Waals surface area (Å²) in [5, 5.41) is 0.509. The second-order valence-corrected chi connectivity index (χ2v) is 4.37. The molecule has 0 spiro atoms. The van der Waals surface area contributed by atoms with Crippen molar-refractivity contribution < 1.29 is 0 Å². The summed E-state index contributed by atoms with van der Waals surface area (Å²) in [5.41, 5.74) is 0. The van der Waals surface area contributed by atoms with Crippen LogP contribution < -0.4 is 0 Å². The Morgan fingerprint density at radius 2 is 2.00 bits per heavy atom. The Labute approximate surface area is 85.9 Å². The minimum absolute atomic E-state index is 0.207. The fourth-order valence-electron chi connectivity index (χ4n) is 0.897.